The van der Waals surface area contributed by atoms with E-state index in [1.165, 1.54) is 6.07 Å². The number of ether oxygens (including phenoxy) is 2. The number of piperazine rings is 1. The minimum atomic E-state index is -0.681. The van der Waals surface area contributed by atoms with Crippen molar-refractivity contribution in [1.29, 1.82) is 0 Å². The largest absolute Gasteiger partial charge is 0.454 e. The number of furan rings is 1. The fraction of sp³-hybridized carbons (Fsp3) is 0.400. The van der Waals surface area contributed by atoms with Crippen molar-refractivity contribution >= 4 is 17.7 Å². The summed E-state index contributed by atoms with van der Waals surface area (Å²) in [6, 6.07) is 8.26. The number of carbonyl (C=O) groups excluding carboxylic acids is 2. The molecule has 1 saturated heterocycles. The molecule has 5 rings (SSSR count). The molecule has 0 bridgehead atoms. The molecule has 2 unspecified atom stereocenters. The first-order valence-electron chi connectivity index (χ1n) is 9.73. The third-order valence-electron chi connectivity index (χ3n) is 5.79. The van der Waals surface area contributed by atoms with Crippen LogP contribution in [-0.2, 0) is 4.79 Å². The molecule has 1 aromatic heterocycles. The molecule has 2 atom stereocenters. The Morgan fingerprint density at radius 3 is 2.47 bits per heavy atom. The summed E-state index contributed by atoms with van der Waals surface area (Å²) in [4.78, 5) is 38.7. The normalized spacial score (nSPS) is 22.1. The maximum absolute atomic E-state index is 12.9. The quantitative estimate of drug-likeness (QED) is 0.556. The average Bonchev–Trinajstić information content (AvgIpc) is 3.17. The Kier molecular flexibility index (Phi) is 4.34. The van der Waals surface area contributed by atoms with Crippen molar-refractivity contribution < 1.29 is 28.4 Å². The van der Waals surface area contributed by atoms with Gasteiger partial charge >= 0.3 is 5.88 Å². The Morgan fingerprint density at radius 2 is 1.73 bits per heavy atom. The standard InChI is InChI=1S/C20H19N3O7/c24-19(14-10-13(14)12-1-2-15-17(9-12)29-11-28-15)21-5-7-22(8-6-21)20(25)16-3-4-18(30-16)23(26)27/h1-4,9,13-14H,5-8,10-11H2. The molecule has 156 valence electrons. The fourth-order valence-corrected chi connectivity index (χ4v) is 4.04. The van der Waals surface area contributed by atoms with Gasteiger partial charge in [0.05, 0.1) is 6.07 Å². The number of nitro groups is 1. The van der Waals surface area contributed by atoms with Crippen LogP contribution in [0.3, 0.4) is 0 Å². The zero-order chi connectivity index (χ0) is 20.8. The molecule has 0 spiro atoms. The van der Waals surface area contributed by atoms with Crippen molar-refractivity contribution in [3.63, 3.8) is 0 Å². The highest BCUT2D eigenvalue weighted by molar-refractivity contribution is 5.92. The lowest BCUT2D eigenvalue weighted by molar-refractivity contribution is -0.402. The number of fused-ring (bicyclic) bond motifs is 1. The van der Waals surface area contributed by atoms with Crippen LogP contribution in [0.2, 0.25) is 0 Å². The van der Waals surface area contributed by atoms with Gasteiger partial charge in [-0.2, -0.15) is 0 Å². The average molecular weight is 413 g/mol. The molecule has 1 aromatic carbocycles. The summed E-state index contributed by atoms with van der Waals surface area (Å²) in [6.07, 6.45) is 0.799. The van der Waals surface area contributed by atoms with E-state index in [-0.39, 0.29) is 30.3 Å². The molecule has 1 aliphatic carbocycles. The molecule has 1 saturated carbocycles. The smallest absolute Gasteiger partial charge is 0.433 e. The molecule has 2 aliphatic heterocycles. The number of amides is 2. The van der Waals surface area contributed by atoms with E-state index in [1.807, 2.05) is 18.2 Å². The van der Waals surface area contributed by atoms with Crippen molar-refractivity contribution in [3.8, 4) is 11.5 Å². The molecule has 2 amide bonds. The summed E-state index contributed by atoms with van der Waals surface area (Å²) < 4.78 is 15.7. The van der Waals surface area contributed by atoms with E-state index in [1.54, 1.807) is 9.80 Å². The lowest BCUT2D eigenvalue weighted by atomic mass is 10.1. The summed E-state index contributed by atoms with van der Waals surface area (Å²) in [6.45, 7) is 1.80. The Hall–Kier alpha value is -3.56. The van der Waals surface area contributed by atoms with Gasteiger partial charge in [0, 0.05) is 32.1 Å². The van der Waals surface area contributed by atoms with E-state index in [2.05, 4.69) is 0 Å². The van der Waals surface area contributed by atoms with Crippen LogP contribution >= 0.6 is 0 Å². The van der Waals surface area contributed by atoms with Crippen molar-refractivity contribution in [2.45, 2.75) is 12.3 Å². The lowest BCUT2D eigenvalue weighted by Crippen LogP contribution is -2.51. The second-order valence-electron chi connectivity index (χ2n) is 7.57. The predicted molar refractivity (Wildman–Crippen MR) is 101 cm³/mol. The van der Waals surface area contributed by atoms with Crippen molar-refractivity contribution in [3.05, 3.63) is 51.8 Å². The number of hydrogen-bond donors (Lipinski definition) is 0. The van der Waals surface area contributed by atoms with Gasteiger partial charge in [0.25, 0.3) is 5.91 Å². The maximum atomic E-state index is 12.9. The molecule has 2 aromatic rings. The Balaban J connectivity index is 1.16. The summed E-state index contributed by atoms with van der Waals surface area (Å²) >= 11 is 0. The molecule has 10 nitrogen and oxygen atoms in total. The van der Waals surface area contributed by atoms with Crippen molar-refractivity contribution in [1.82, 2.24) is 9.80 Å². The van der Waals surface area contributed by atoms with E-state index in [0.29, 0.717) is 26.2 Å². The van der Waals surface area contributed by atoms with Crippen LogP contribution in [0.1, 0.15) is 28.5 Å². The first-order chi connectivity index (χ1) is 14.5. The molecular weight excluding hydrogens is 394 g/mol. The summed E-state index contributed by atoms with van der Waals surface area (Å²) in [5.41, 5.74) is 1.07. The highest BCUT2D eigenvalue weighted by Crippen LogP contribution is 2.50. The van der Waals surface area contributed by atoms with Gasteiger partial charge < -0.3 is 23.7 Å². The van der Waals surface area contributed by atoms with Gasteiger partial charge in [-0.3, -0.25) is 19.7 Å². The van der Waals surface area contributed by atoms with Gasteiger partial charge in [-0.15, -0.1) is 0 Å². The second kappa shape index (κ2) is 7.05. The molecule has 3 heterocycles. The van der Waals surface area contributed by atoms with E-state index in [9.17, 15) is 19.7 Å². The van der Waals surface area contributed by atoms with Gasteiger partial charge in [-0.05, 0) is 36.1 Å². The number of benzene rings is 1. The Bertz CT molecular complexity index is 1030. The minimum absolute atomic E-state index is 0.0552. The molecule has 3 aliphatic rings. The SMILES string of the molecule is O=C(c1ccc([N+](=O)[O-])o1)N1CCN(C(=O)C2CC2c2ccc3c(c2)OCO3)CC1. The Morgan fingerprint density at radius 1 is 1.00 bits per heavy atom. The highest BCUT2D eigenvalue weighted by atomic mass is 16.7. The number of nitrogens with zero attached hydrogens (tertiary/aromatic N) is 3. The molecule has 10 heteroatoms. The van der Waals surface area contributed by atoms with Crippen LogP contribution in [0.25, 0.3) is 0 Å². The van der Waals surface area contributed by atoms with Crippen LogP contribution in [0.4, 0.5) is 5.88 Å². The van der Waals surface area contributed by atoms with Crippen LogP contribution in [0, 0.1) is 16.0 Å². The minimum Gasteiger partial charge on any atom is -0.454 e. The third-order valence-corrected chi connectivity index (χ3v) is 5.79. The van der Waals surface area contributed by atoms with Gasteiger partial charge in [0.1, 0.15) is 4.92 Å². The van der Waals surface area contributed by atoms with Crippen molar-refractivity contribution in [2.75, 3.05) is 33.0 Å². The first-order valence-corrected chi connectivity index (χ1v) is 9.73. The summed E-state index contributed by atoms with van der Waals surface area (Å²) in [5, 5.41) is 10.7. The molecule has 0 radical (unpaired) electrons. The number of carbonyl (C=O) groups is 2. The van der Waals surface area contributed by atoms with Gasteiger partial charge in [0.15, 0.2) is 17.3 Å². The van der Waals surface area contributed by atoms with E-state index in [0.717, 1.165) is 29.5 Å². The first kappa shape index (κ1) is 18.5. The highest BCUT2D eigenvalue weighted by Gasteiger charge is 2.46. The predicted octanol–water partition coefficient (Wildman–Crippen LogP) is 2.00. The Labute approximate surface area is 171 Å². The molecule has 2 fully saturated rings. The van der Waals surface area contributed by atoms with Gasteiger partial charge in [-0.1, -0.05) is 6.07 Å². The van der Waals surface area contributed by atoms with E-state index >= 15 is 0 Å². The summed E-state index contributed by atoms with van der Waals surface area (Å²) in [5.74, 6) is 0.733. The second-order valence-corrected chi connectivity index (χ2v) is 7.57. The third kappa shape index (κ3) is 3.23. The maximum Gasteiger partial charge on any atom is 0.433 e. The molecule has 0 N–H and O–H groups in total. The molecule has 30 heavy (non-hydrogen) atoms. The zero-order valence-corrected chi connectivity index (χ0v) is 16.0. The van der Waals surface area contributed by atoms with E-state index in [4.69, 9.17) is 13.9 Å². The zero-order valence-electron chi connectivity index (χ0n) is 16.0. The van der Waals surface area contributed by atoms with Crippen LogP contribution in [-0.4, -0.2) is 59.5 Å². The topological polar surface area (TPSA) is 115 Å². The fourth-order valence-electron chi connectivity index (χ4n) is 4.04. The van der Waals surface area contributed by atoms with Crippen LogP contribution in [0.5, 0.6) is 11.5 Å². The lowest BCUT2D eigenvalue weighted by Gasteiger charge is -2.34. The number of rotatable bonds is 4. The van der Waals surface area contributed by atoms with E-state index < -0.39 is 16.7 Å². The van der Waals surface area contributed by atoms with Crippen LogP contribution in [0.15, 0.2) is 34.7 Å². The summed E-state index contributed by atoms with van der Waals surface area (Å²) in [7, 11) is 0. The van der Waals surface area contributed by atoms with Gasteiger partial charge in [-0.25, -0.2) is 0 Å². The van der Waals surface area contributed by atoms with Crippen molar-refractivity contribution in [2.24, 2.45) is 5.92 Å². The van der Waals surface area contributed by atoms with Crippen LogP contribution < -0.4 is 9.47 Å². The monoisotopic (exact) mass is 413 g/mol. The van der Waals surface area contributed by atoms with Gasteiger partial charge in [0.2, 0.25) is 12.7 Å². The molecular formula is C20H19N3O7. The number of hydrogen-bond acceptors (Lipinski definition) is 7.